The summed E-state index contributed by atoms with van der Waals surface area (Å²) in [5.41, 5.74) is 0.770. The number of rotatable bonds is 3. The molecule has 1 aromatic heterocycles. The van der Waals surface area contributed by atoms with Gasteiger partial charge in [-0.3, -0.25) is 10.4 Å². The lowest BCUT2D eigenvalue weighted by Crippen LogP contribution is -2.31. The van der Waals surface area contributed by atoms with Crippen LogP contribution < -0.4 is 0 Å². The van der Waals surface area contributed by atoms with Crippen molar-refractivity contribution in [3.05, 3.63) is 42.2 Å². The highest BCUT2D eigenvalue weighted by Gasteiger charge is 2.12. The van der Waals surface area contributed by atoms with Crippen LogP contribution in [-0.2, 0) is 0 Å². The van der Waals surface area contributed by atoms with Crippen LogP contribution in [0, 0.1) is 5.41 Å². The summed E-state index contributed by atoms with van der Waals surface area (Å²) in [6, 6.07) is 10.1. The summed E-state index contributed by atoms with van der Waals surface area (Å²) in [5, 5.41) is 10.4. The molecule has 0 atom stereocenters. The van der Waals surface area contributed by atoms with Crippen LogP contribution in [-0.4, -0.2) is 28.8 Å². The van der Waals surface area contributed by atoms with Gasteiger partial charge in [0, 0.05) is 24.7 Å². The van der Waals surface area contributed by atoms with Crippen molar-refractivity contribution >= 4 is 16.6 Å². The smallest absolute Gasteiger partial charge is 0.147 e. The van der Waals surface area contributed by atoms with Crippen LogP contribution in [0.15, 0.2) is 36.5 Å². The molecule has 0 aliphatic carbocycles. The molecule has 0 aliphatic rings. The highest BCUT2D eigenvalue weighted by atomic mass is 15.2. The maximum absolute atomic E-state index is 8.23. The second-order valence-corrected chi connectivity index (χ2v) is 3.90. The quantitative estimate of drug-likeness (QED) is 0.647. The first-order chi connectivity index (χ1) is 8.27. The Morgan fingerprint density at radius 2 is 1.88 bits per heavy atom. The van der Waals surface area contributed by atoms with E-state index in [1.54, 1.807) is 6.20 Å². The Hall–Kier alpha value is -1.90. The van der Waals surface area contributed by atoms with E-state index in [0.29, 0.717) is 5.84 Å². The number of nitrogens with zero attached hydrogens (tertiary/aromatic N) is 2. The van der Waals surface area contributed by atoms with Gasteiger partial charge in [-0.05, 0) is 25.3 Å². The number of benzene rings is 1. The van der Waals surface area contributed by atoms with Crippen molar-refractivity contribution in [3.8, 4) is 0 Å². The van der Waals surface area contributed by atoms with E-state index >= 15 is 0 Å². The fourth-order valence-corrected chi connectivity index (χ4v) is 2.00. The average molecular weight is 227 g/mol. The molecule has 88 valence electrons. The molecule has 2 aromatic rings. The van der Waals surface area contributed by atoms with Crippen molar-refractivity contribution < 1.29 is 0 Å². The number of pyridine rings is 1. The molecule has 0 fully saturated rings. The minimum atomic E-state index is 0.506. The molecule has 0 unspecified atom stereocenters. The number of amidine groups is 1. The van der Waals surface area contributed by atoms with Crippen LogP contribution in [0.25, 0.3) is 10.8 Å². The van der Waals surface area contributed by atoms with E-state index in [1.165, 1.54) is 0 Å². The molecular weight excluding hydrogens is 210 g/mol. The molecule has 17 heavy (non-hydrogen) atoms. The molecule has 0 aliphatic heterocycles. The van der Waals surface area contributed by atoms with Gasteiger partial charge in [-0.1, -0.05) is 24.3 Å². The second-order valence-electron chi connectivity index (χ2n) is 3.90. The molecule has 1 N–H and O–H groups in total. The van der Waals surface area contributed by atoms with Gasteiger partial charge in [0.25, 0.3) is 0 Å². The largest absolute Gasteiger partial charge is 0.356 e. The Bertz CT molecular complexity index is 524. The zero-order chi connectivity index (χ0) is 12.3. The van der Waals surface area contributed by atoms with Crippen molar-refractivity contribution in [2.75, 3.05) is 13.1 Å². The van der Waals surface area contributed by atoms with Crippen LogP contribution in [0.5, 0.6) is 0 Å². The first-order valence-corrected chi connectivity index (χ1v) is 5.95. The first kappa shape index (κ1) is 11.6. The van der Waals surface area contributed by atoms with Crippen molar-refractivity contribution in [2.45, 2.75) is 13.8 Å². The third-order valence-electron chi connectivity index (χ3n) is 2.98. The number of aromatic nitrogens is 1. The summed E-state index contributed by atoms with van der Waals surface area (Å²) in [4.78, 5) is 6.37. The Labute approximate surface area is 102 Å². The lowest BCUT2D eigenvalue weighted by Gasteiger charge is -2.21. The predicted molar refractivity (Wildman–Crippen MR) is 71.5 cm³/mol. The molecule has 0 bridgehead atoms. The Kier molecular flexibility index (Phi) is 3.38. The van der Waals surface area contributed by atoms with Crippen LogP contribution >= 0.6 is 0 Å². The fourth-order valence-electron chi connectivity index (χ4n) is 2.00. The number of nitrogens with one attached hydrogen (secondary N) is 1. The minimum absolute atomic E-state index is 0.506. The van der Waals surface area contributed by atoms with E-state index < -0.39 is 0 Å². The van der Waals surface area contributed by atoms with Gasteiger partial charge in [0.15, 0.2) is 0 Å². The highest BCUT2D eigenvalue weighted by molar-refractivity contribution is 6.06. The molecule has 3 heteroatoms. The van der Waals surface area contributed by atoms with Crippen molar-refractivity contribution in [1.82, 2.24) is 9.88 Å². The normalized spacial score (nSPS) is 10.5. The summed E-state index contributed by atoms with van der Waals surface area (Å²) in [6.45, 7) is 5.78. The molecule has 0 spiro atoms. The third kappa shape index (κ3) is 2.13. The fraction of sp³-hybridized carbons (Fsp3) is 0.286. The van der Waals surface area contributed by atoms with Gasteiger partial charge in [0.05, 0.1) is 0 Å². The Morgan fingerprint density at radius 1 is 1.18 bits per heavy atom. The van der Waals surface area contributed by atoms with E-state index in [0.717, 1.165) is 29.6 Å². The monoisotopic (exact) mass is 227 g/mol. The van der Waals surface area contributed by atoms with Crippen molar-refractivity contribution in [3.63, 3.8) is 0 Å². The second kappa shape index (κ2) is 4.95. The maximum atomic E-state index is 8.23. The van der Waals surface area contributed by atoms with Crippen molar-refractivity contribution in [1.29, 1.82) is 5.41 Å². The van der Waals surface area contributed by atoms with Crippen LogP contribution in [0.4, 0.5) is 0 Å². The topological polar surface area (TPSA) is 40.0 Å². The standard InChI is InChI=1S/C14H17N3/c1-3-17(4-2)14(15)13-12-8-6-5-7-11(12)9-10-16-13/h5-10,15H,3-4H2,1-2H3. The van der Waals surface area contributed by atoms with Crippen LogP contribution in [0.3, 0.4) is 0 Å². The molecule has 1 heterocycles. The number of hydrogen-bond donors (Lipinski definition) is 1. The van der Waals surface area contributed by atoms with E-state index in [2.05, 4.69) is 24.9 Å². The predicted octanol–water partition coefficient (Wildman–Crippen LogP) is 2.90. The SMILES string of the molecule is CCN(CC)C(=N)c1nccc2ccccc12. The zero-order valence-electron chi connectivity index (χ0n) is 10.3. The van der Waals surface area contributed by atoms with Crippen molar-refractivity contribution in [2.24, 2.45) is 0 Å². The molecule has 0 saturated carbocycles. The molecule has 0 saturated heterocycles. The number of hydrogen-bond acceptors (Lipinski definition) is 2. The van der Waals surface area contributed by atoms with E-state index in [9.17, 15) is 0 Å². The van der Waals surface area contributed by atoms with Crippen LogP contribution in [0.2, 0.25) is 0 Å². The van der Waals surface area contributed by atoms with Gasteiger partial charge in [-0.15, -0.1) is 0 Å². The van der Waals surface area contributed by atoms with Gasteiger partial charge < -0.3 is 4.90 Å². The van der Waals surface area contributed by atoms with Gasteiger partial charge in [-0.2, -0.15) is 0 Å². The highest BCUT2D eigenvalue weighted by Crippen LogP contribution is 2.17. The average Bonchev–Trinajstić information content (AvgIpc) is 2.39. The summed E-state index contributed by atoms with van der Waals surface area (Å²) < 4.78 is 0. The maximum Gasteiger partial charge on any atom is 0.147 e. The van der Waals surface area contributed by atoms with Gasteiger partial charge in [-0.25, -0.2) is 0 Å². The third-order valence-corrected chi connectivity index (χ3v) is 2.98. The molecule has 3 nitrogen and oxygen atoms in total. The van der Waals surface area contributed by atoms with Gasteiger partial charge in [0.2, 0.25) is 0 Å². The summed E-state index contributed by atoms with van der Waals surface area (Å²) in [6.07, 6.45) is 1.77. The Balaban J connectivity index is 2.52. The molecule has 1 aromatic carbocycles. The minimum Gasteiger partial charge on any atom is -0.356 e. The molecular formula is C14H17N3. The van der Waals surface area contributed by atoms with E-state index in [-0.39, 0.29) is 0 Å². The molecule has 2 rings (SSSR count). The van der Waals surface area contributed by atoms with E-state index in [4.69, 9.17) is 5.41 Å². The Morgan fingerprint density at radius 3 is 2.59 bits per heavy atom. The van der Waals surface area contributed by atoms with Gasteiger partial charge >= 0.3 is 0 Å². The lowest BCUT2D eigenvalue weighted by atomic mass is 10.1. The van der Waals surface area contributed by atoms with Crippen LogP contribution in [0.1, 0.15) is 19.5 Å². The number of fused-ring (bicyclic) bond motifs is 1. The lowest BCUT2D eigenvalue weighted by molar-refractivity contribution is 0.463. The van der Waals surface area contributed by atoms with E-state index in [1.807, 2.05) is 29.2 Å². The molecule has 0 radical (unpaired) electrons. The molecule has 0 amide bonds. The summed E-state index contributed by atoms with van der Waals surface area (Å²) in [7, 11) is 0. The zero-order valence-corrected chi connectivity index (χ0v) is 10.3. The first-order valence-electron chi connectivity index (χ1n) is 5.95. The summed E-state index contributed by atoms with van der Waals surface area (Å²) in [5.74, 6) is 0.506. The van der Waals surface area contributed by atoms with Gasteiger partial charge in [0.1, 0.15) is 11.5 Å². The summed E-state index contributed by atoms with van der Waals surface area (Å²) >= 11 is 0.